The molecule has 1 unspecified atom stereocenters. The minimum Gasteiger partial charge on any atom is -0.330 e. The summed E-state index contributed by atoms with van der Waals surface area (Å²) in [4.78, 5) is 1.46. The molecule has 18 heavy (non-hydrogen) atoms. The molecule has 1 aromatic carbocycles. The van der Waals surface area contributed by atoms with Crippen LogP contribution < -0.4 is 5.73 Å². The Hall–Kier alpha value is -1.12. The predicted molar refractivity (Wildman–Crippen MR) is 80.5 cm³/mol. The van der Waals surface area contributed by atoms with Crippen LogP contribution in [-0.2, 0) is 6.42 Å². The van der Waals surface area contributed by atoms with Gasteiger partial charge in [-0.15, -0.1) is 11.3 Å². The van der Waals surface area contributed by atoms with Crippen LogP contribution in [-0.4, -0.2) is 6.54 Å². The molecule has 2 aromatic rings. The maximum absolute atomic E-state index is 5.98. The van der Waals surface area contributed by atoms with Crippen molar-refractivity contribution >= 4 is 11.3 Å². The molecule has 0 aliphatic carbocycles. The zero-order valence-corrected chi connectivity index (χ0v) is 12.2. The summed E-state index contributed by atoms with van der Waals surface area (Å²) in [7, 11) is 0. The molecule has 0 amide bonds. The van der Waals surface area contributed by atoms with Gasteiger partial charge in [-0.3, -0.25) is 0 Å². The van der Waals surface area contributed by atoms with Crippen LogP contribution in [0.4, 0.5) is 0 Å². The fraction of sp³-hybridized carbons (Fsp3) is 0.375. The Bertz CT molecular complexity index is 528. The lowest BCUT2D eigenvalue weighted by Gasteiger charge is -2.18. The average Bonchev–Trinajstić information content (AvgIpc) is 2.73. The van der Waals surface area contributed by atoms with Gasteiger partial charge < -0.3 is 5.73 Å². The third kappa shape index (κ3) is 2.82. The molecule has 2 N–H and O–H groups in total. The number of nitrogens with two attached hydrogens (primary N) is 1. The number of aryl methyl sites for hydroxylation is 3. The molecule has 2 heteroatoms. The van der Waals surface area contributed by atoms with E-state index in [-0.39, 0.29) is 0 Å². The van der Waals surface area contributed by atoms with Gasteiger partial charge in [0.25, 0.3) is 0 Å². The monoisotopic (exact) mass is 259 g/mol. The normalized spacial score (nSPS) is 12.7. The van der Waals surface area contributed by atoms with Crippen molar-refractivity contribution in [2.24, 2.45) is 5.73 Å². The Morgan fingerprint density at radius 3 is 2.44 bits per heavy atom. The Labute approximate surface area is 114 Å². The van der Waals surface area contributed by atoms with E-state index in [4.69, 9.17) is 5.73 Å². The van der Waals surface area contributed by atoms with Crippen molar-refractivity contribution in [3.63, 3.8) is 0 Å². The summed E-state index contributed by atoms with van der Waals surface area (Å²) in [5.41, 5.74) is 11.5. The van der Waals surface area contributed by atoms with Crippen molar-refractivity contribution in [3.05, 3.63) is 56.8 Å². The number of thiophene rings is 1. The highest BCUT2D eigenvalue weighted by molar-refractivity contribution is 7.10. The quantitative estimate of drug-likeness (QED) is 0.883. The van der Waals surface area contributed by atoms with Crippen molar-refractivity contribution < 1.29 is 0 Å². The molecule has 0 fully saturated rings. The van der Waals surface area contributed by atoms with E-state index in [2.05, 4.69) is 50.4 Å². The largest absolute Gasteiger partial charge is 0.330 e. The van der Waals surface area contributed by atoms with Gasteiger partial charge in [-0.1, -0.05) is 23.8 Å². The Morgan fingerprint density at radius 1 is 1.11 bits per heavy atom. The topological polar surface area (TPSA) is 26.0 Å². The highest BCUT2D eigenvalue weighted by Gasteiger charge is 2.14. The SMILES string of the molecule is Cc1ccc(C(CN)Cc2sccc2C)c(C)c1. The minimum absolute atomic E-state index is 0.433. The Morgan fingerprint density at radius 2 is 1.89 bits per heavy atom. The smallest absolute Gasteiger partial charge is 0.00809 e. The maximum atomic E-state index is 5.98. The van der Waals surface area contributed by atoms with Crippen molar-refractivity contribution in [3.8, 4) is 0 Å². The van der Waals surface area contributed by atoms with Crippen LogP contribution >= 0.6 is 11.3 Å². The summed E-state index contributed by atoms with van der Waals surface area (Å²) in [5, 5.41) is 2.17. The molecule has 1 nitrogen and oxygen atoms in total. The molecule has 96 valence electrons. The second-order valence-corrected chi connectivity index (χ2v) is 6.02. The van der Waals surface area contributed by atoms with Crippen LogP contribution in [0.3, 0.4) is 0 Å². The van der Waals surface area contributed by atoms with E-state index in [9.17, 15) is 0 Å². The molecule has 0 spiro atoms. The van der Waals surface area contributed by atoms with E-state index in [1.807, 2.05) is 11.3 Å². The van der Waals surface area contributed by atoms with E-state index in [1.54, 1.807) is 0 Å². The van der Waals surface area contributed by atoms with Crippen LogP contribution in [0.2, 0.25) is 0 Å². The molecule has 0 bridgehead atoms. The molecule has 0 saturated carbocycles. The van der Waals surface area contributed by atoms with Gasteiger partial charge in [0.05, 0.1) is 0 Å². The zero-order chi connectivity index (χ0) is 13.1. The van der Waals surface area contributed by atoms with Gasteiger partial charge in [0, 0.05) is 10.8 Å². The molecule has 0 radical (unpaired) electrons. The van der Waals surface area contributed by atoms with Crippen molar-refractivity contribution in [1.82, 2.24) is 0 Å². The third-order valence-electron chi connectivity index (χ3n) is 3.55. The fourth-order valence-corrected chi connectivity index (χ4v) is 3.43. The summed E-state index contributed by atoms with van der Waals surface area (Å²) < 4.78 is 0. The number of benzene rings is 1. The van der Waals surface area contributed by atoms with Gasteiger partial charge in [-0.25, -0.2) is 0 Å². The fourth-order valence-electron chi connectivity index (χ4n) is 2.44. The molecular formula is C16H21NS. The lowest BCUT2D eigenvalue weighted by Crippen LogP contribution is -2.16. The van der Waals surface area contributed by atoms with Crippen molar-refractivity contribution in [1.29, 1.82) is 0 Å². The summed E-state index contributed by atoms with van der Waals surface area (Å²) in [6.07, 6.45) is 1.06. The van der Waals surface area contributed by atoms with Crippen LogP contribution in [0.25, 0.3) is 0 Å². The van der Waals surface area contributed by atoms with Gasteiger partial charge in [0.15, 0.2) is 0 Å². The standard InChI is InChI=1S/C16H21NS/c1-11-4-5-15(13(3)8-11)14(10-17)9-16-12(2)6-7-18-16/h4-8,14H,9-10,17H2,1-3H3. The van der Waals surface area contributed by atoms with Crippen LogP contribution in [0, 0.1) is 20.8 Å². The lowest BCUT2D eigenvalue weighted by atomic mass is 9.90. The van der Waals surface area contributed by atoms with E-state index >= 15 is 0 Å². The van der Waals surface area contributed by atoms with Gasteiger partial charge in [-0.05, 0) is 61.9 Å². The van der Waals surface area contributed by atoms with Gasteiger partial charge in [0.1, 0.15) is 0 Å². The molecule has 0 aliphatic rings. The summed E-state index contributed by atoms with van der Waals surface area (Å²) in [6, 6.07) is 8.87. The molecule has 1 aromatic heterocycles. The second kappa shape index (κ2) is 5.68. The molecule has 1 heterocycles. The molecule has 2 rings (SSSR count). The molecule has 0 saturated heterocycles. The van der Waals surface area contributed by atoms with Gasteiger partial charge in [-0.2, -0.15) is 0 Å². The minimum atomic E-state index is 0.433. The first kappa shape index (κ1) is 13.3. The molecular weight excluding hydrogens is 238 g/mol. The van der Waals surface area contributed by atoms with E-state index in [0.29, 0.717) is 12.5 Å². The van der Waals surface area contributed by atoms with E-state index in [1.165, 1.54) is 27.1 Å². The Kier molecular flexibility index (Phi) is 4.20. The first-order valence-electron chi connectivity index (χ1n) is 6.42. The van der Waals surface area contributed by atoms with E-state index < -0.39 is 0 Å². The molecule has 1 atom stereocenters. The zero-order valence-electron chi connectivity index (χ0n) is 11.4. The first-order chi connectivity index (χ1) is 8.61. The van der Waals surface area contributed by atoms with Crippen LogP contribution in [0.5, 0.6) is 0 Å². The second-order valence-electron chi connectivity index (χ2n) is 5.02. The number of hydrogen-bond acceptors (Lipinski definition) is 2. The first-order valence-corrected chi connectivity index (χ1v) is 7.30. The predicted octanol–water partition coefficient (Wildman–Crippen LogP) is 3.96. The summed E-state index contributed by atoms with van der Waals surface area (Å²) in [6.45, 7) is 7.21. The van der Waals surface area contributed by atoms with Gasteiger partial charge in [0.2, 0.25) is 0 Å². The Balaban J connectivity index is 2.26. The summed E-state index contributed by atoms with van der Waals surface area (Å²) in [5.74, 6) is 0.433. The van der Waals surface area contributed by atoms with Crippen molar-refractivity contribution in [2.45, 2.75) is 33.1 Å². The highest BCUT2D eigenvalue weighted by Crippen LogP contribution is 2.27. The summed E-state index contributed by atoms with van der Waals surface area (Å²) >= 11 is 1.84. The van der Waals surface area contributed by atoms with E-state index in [0.717, 1.165) is 6.42 Å². The third-order valence-corrected chi connectivity index (χ3v) is 4.59. The van der Waals surface area contributed by atoms with Crippen LogP contribution in [0.1, 0.15) is 33.0 Å². The average molecular weight is 259 g/mol. The van der Waals surface area contributed by atoms with Crippen LogP contribution in [0.15, 0.2) is 29.6 Å². The van der Waals surface area contributed by atoms with Gasteiger partial charge >= 0.3 is 0 Å². The number of hydrogen-bond donors (Lipinski definition) is 1. The maximum Gasteiger partial charge on any atom is 0.00809 e. The van der Waals surface area contributed by atoms with Crippen molar-refractivity contribution in [2.75, 3.05) is 6.54 Å². The lowest BCUT2D eigenvalue weighted by molar-refractivity contribution is 0.694. The molecule has 0 aliphatic heterocycles. The number of rotatable bonds is 4. The highest BCUT2D eigenvalue weighted by atomic mass is 32.1.